The molecule has 0 aromatic heterocycles. The van der Waals surface area contributed by atoms with Crippen molar-refractivity contribution in [3.63, 3.8) is 0 Å². The number of piperidine rings is 4. The van der Waals surface area contributed by atoms with Crippen LogP contribution in [0.5, 0.6) is 5.75 Å². The Morgan fingerprint density at radius 2 is 1.69 bits per heavy atom. The van der Waals surface area contributed by atoms with E-state index in [-0.39, 0.29) is 12.1 Å². The standard InChI is InChI=1S/C30H41N2O3/c1-24-11-13-27(14-12-24)34-22-21-32-19-15-25(16-20-32)28(23-32)35-29(33)30(2,26-9-5-3-6-10-26)31-17-7-4-8-18-31/h3,5-6,9-14,25,28H,4,7-8,15-23H2,1-2H3/q+1/t25?,28-,30+,32?/m1/s1. The molecular weight excluding hydrogens is 436 g/mol. The van der Waals surface area contributed by atoms with Gasteiger partial charge in [-0.05, 0) is 57.5 Å². The summed E-state index contributed by atoms with van der Waals surface area (Å²) in [4.78, 5) is 16.3. The number of aryl methyl sites for hydroxylation is 1. The minimum atomic E-state index is -0.729. The largest absolute Gasteiger partial charge is 0.488 e. The number of likely N-dealkylation sites (tertiary alicyclic amines) is 1. The number of fused-ring (bicyclic) bond motifs is 3. The maximum Gasteiger partial charge on any atom is 0.331 e. The molecule has 4 aliphatic heterocycles. The highest BCUT2D eigenvalue weighted by Gasteiger charge is 2.50. The van der Waals surface area contributed by atoms with Crippen LogP contribution in [-0.4, -0.2) is 67.3 Å². The quantitative estimate of drug-likeness (QED) is 0.399. The van der Waals surface area contributed by atoms with Gasteiger partial charge in [0.2, 0.25) is 0 Å². The molecule has 4 fully saturated rings. The van der Waals surface area contributed by atoms with Gasteiger partial charge in [0.1, 0.15) is 31.0 Å². The van der Waals surface area contributed by atoms with Gasteiger partial charge >= 0.3 is 5.97 Å². The van der Waals surface area contributed by atoms with Crippen LogP contribution in [0.25, 0.3) is 0 Å². The lowest BCUT2D eigenvalue weighted by molar-refractivity contribution is -0.946. The van der Waals surface area contributed by atoms with Crippen LogP contribution in [0.2, 0.25) is 0 Å². The Balaban J connectivity index is 1.27. The molecular formula is C30H41N2O3+. The molecule has 4 heterocycles. The van der Waals surface area contributed by atoms with Crippen LogP contribution in [-0.2, 0) is 15.1 Å². The van der Waals surface area contributed by atoms with Crippen molar-refractivity contribution < 1.29 is 18.8 Å². The van der Waals surface area contributed by atoms with Crippen LogP contribution < -0.4 is 4.74 Å². The van der Waals surface area contributed by atoms with E-state index in [9.17, 15) is 4.79 Å². The summed E-state index contributed by atoms with van der Waals surface area (Å²) in [5, 5.41) is 0. The molecule has 188 valence electrons. The van der Waals surface area contributed by atoms with Gasteiger partial charge in [0.25, 0.3) is 0 Å². The van der Waals surface area contributed by atoms with E-state index in [4.69, 9.17) is 9.47 Å². The third-order valence-electron chi connectivity index (χ3n) is 8.88. The number of hydrogen-bond acceptors (Lipinski definition) is 4. The Hall–Kier alpha value is -2.37. The van der Waals surface area contributed by atoms with E-state index in [2.05, 4.69) is 43.0 Å². The molecule has 2 atom stereocenters. The number of quaternary nitrogens is 1. The fraction of sp³-hybridized carbons (Fsp3) is 0.567. The van der Waals surface area contributed by atoms with Crippen molar-refractivity contribution in [2.75, 3.05) is 45.9 Å². The zero-order valence-corrected chi connectivity index (χ0v) is 21.5. The number of nitrogens with zero attached hydrogens (tertiary/aromatic N) is 2. The number of esters is 1. The predicted molar refractivity (Wildman–Crippen MR) is 138 cm³/mol. The molecule has 5 heteroatoms. The first-order chi connectivity index (χ1) is 17.0. The smallest absolute Gasteiger partial charge is 0.331 e. The summed E-state index contributed by atoms with van der Waals surface area (Å²) in [5.41, 5.74) is 1.56. The molecule has 0 aliphatic carbocycles. The van der Waals surface area contributed by atoms with Gasteiger partial charge in [-0.15, -0.1) is 0 Å². The number of ether oxygens (including phenoxy) is 2. The first-order valence-corrected chi connectivity index (χ1v) is 13.5. The monoisotopic (exact) mass is 477 g/mol. The molecule has 0 amide bonds. The summed E-state index contributed by atoms with van der Waals surface area (Å²) < 4.78 is 13.6. The van der Waals surface area contributed by atoms with Gasteiger partial charge in [0.05, 0.1) is 13.1 Å². The molecule has 4 saturated heterocycles. The molecule has 2 aromatic rings. The predicted octanol–water partition coefficient (Wildman–Crippen LogP) is 4.93. The van der Waals surface area contributed by atoms with Crippen molar-refractivity contribution in [3.05, 3.63) is 65.7 Å². The molecule has 0 radical (unpaired) electrons. The molecule has 35 heavy (non-hydrogen) atoms. The molecule has 0 N–H and O–H groups in total. The van der Waals surface area contributed by atoms with Gasteiger partial charge in [-0.25, -0.2) is 4.79 Å². The summed E-state index contributed by atoms with van der Waals surface area (Å²) >= 11 is 0. The topological polar surface area (TPSA) is 38.8 Å². The number of carbonyl (C=O) groups is 1. The second-order valence-electron chi connectivity index (χ2n) is 11.1. The van der Waals surface area contributed by atoms with Gasteiger partial charge in [-0.1, -0.05) is 54.4 Å². The lowest BCUT2D eigenvalue weighted by Crippen LogP contribution is -2.66. The summed E-state index contributed by atoms with van der Waals surface area (Å²) in [6.07, 6.45) is 5.79. The maximum absolute atomic E-state index is 13.9. The molecule has 2 aromatic carbocycles. The maximum atomic E-state index is 13.9. The van der Waals surface area contributed by atoms with Crippen molar-refractivity contribution in [1.82, 2.24) is 4.90 Å². The lowest BCUT2D eigenvalue weighted by Gasteiger charge is -2.52. The van der Waals surface area contributed by atoms with Crippen molar-refractivity contribution in [2.45, 2.75) is 57.6 Å². The zero-order chi connectivity index (χ0) is 24.3. The summed E-state index contributed by atoms with van der Waals surface area (Å²) in [6, 6.07) is 18.5. The number of hydrogen-bond donors (Lipinski definition) is 0. The Morgan fingerprint density at radius 3 is 2.37 bits per heavy atom. The summed E-state index contributed by atoms with van der Waals surface area (Å²) in [7, 11) is 0. The second-order valence-corrected chi connectivity index (χ2v) is 11.1. The lowest BCUT2D eigenvalue weighted by atomic mass is 9.82. The summed E-state index contributed by atoms with van der Waals surface area (Å²) in [6.45, 7) is 11.0. The Bertz CT molecular complexity index is 978. The zero-order valence-electron chi connectivity index (χ0n) is 21.5. The van der Waals surface area contributed by atoms with Gasteiger partial charge in [0, 0.05) is 18.8 Å². The Kier molecular flexibility index (Phi) is 7.17. The van der Waals surface area contributed by atoms with E-state index in [0.29, 0.717) is 12.5 Å². The van der Waals surface area contributed by atoms with Gasteiger partial charge in [-0.3, -0.25) is 4.90 Å². The number of benzene rings is 2. The first kappa shape index (κ1) is 24.3. The molecule has 5 nitrogen and oxygen atoms in total. The third kappa shape index (κ3) is 5.12. The number of rotatable bonds is 8. The van der Waals surface area contributed by atoms with Gasteiger partial charge in [-0.2, -0.15) is 0 Å². The van der Waals surface area contributed by atoms with Crippen LogP contribution >= 0.6 is 0 Å². The average Bonchev–Trinajstić information content (AvgIpc) is 2.91. The van der Waals surface area contributed by atoms with E-state index in [1.165, 1.54) is 12.0 Å². The van der Waals surface area contributed by atoms with Crippen molar-refractivity contribution >= 4 is 5.97 Å². The molecule has 0 saturated carbocycles. The van der Waals surface area contributed by atoms with Crippen LogP contribution in [0.3, 0.4) is 0 Å². The van der Waals surface area contributed by atoms with Gasteiger partial charge in [0.15, 0.2) is 6.10 Å². The van der Waals surface area contributed by atoms with Crippen LogP contribution in [0.4, 0.5) is 0 Å². The van der Waals surface area contributed by atoms with Crippen molar-refractivity contribution in [1.29, 1.82) is 0 Å². The minimum Gasteiger partial charge on any atom is -0.488 e. The van der Waals surface area contributed by atoms with E-state index in [1.807, 2.05) is 30.3 Å². The van der Waals surface area contributed by atoms with E-state index in [0.717, 1.165) is 80.7 Å². The average molecular weight is 478 g/mol. The Labute approximate surface area is 210 Å². The third-order valence-corrected chi connectivity index (χ3v) is 8.88. The normalized spacial score (nSPS) is 28.3. The fourth-order valence-electron chi connectivity index (χ4n) is 6.45. The minimum absolute atomic E-state index is 0.00259. The molecule has 2 bridgehead atoms. The SMILES string of the molecule is Cc1ccc(OCC[N+]23CCC(CC2)[C@H](OC(=O)[C@](C)(c2ccccc2)N2CCCCC2)C3)cc1. The van der Waals surface area contributed by atoms with Gasteiger partial charge < -0.3 is 14.0 Å². The van der Waals surface area contributed by atoms with Crippen LogP contribution in [0.15, 0.2) is 54.6 Å². The molecule has 0 spiro atoms. The van der Waals surface area contributed by atoms with Crippen molar-refractivity contribution in [2.24, 2.45) is 5.92 Å². The molecule has 0 unspecified atom stereocenters. The summed E-state index contributed by atoms with van der Waals surface area (Å²) in [5.74, 6) is 1.35. The fourth-order valence-corrected chi connectivity index (χ4v) is 6.45. The van der Waals surface area contributed by atoms with E-state index in [1.54, 1.807) is 0 Å². The first-order valence-electron chi connectivity index (χ1n) is 13.5. The van der Waals surface area contributed by atoms with E-state index >= 15 is 0 Å². The number of carbonyl (C=O) groups excluding carboxylic acids is 1. The van der Waals surface area contributed by atoms with Crippen LogP contribution in [0.1, 0.15) is 50.2 Å². The second kappa shape index (κ2) is 10.3. The highest BCUT2D eigenvalue weighted by molar-refractivity contribution is 5.82. The highest BCUT2D eigenvalue weighted by Crippen LogP contribution is 2.38. The Morgan fingerprint density at radius 1 is 1.00 bits per heavy atom. The van der Waals surface area contributed by atoms with Crippen molar-refractivity contribution in [3.8, 4) is 5.75 Å². The molecule has 4 aliphatic rings. The highest BCUT2D eigenvalue weighted by atomic mass is 16.5. The van der Waals surface area contributed by atoms with E-state index < -0.39 is 5.54 Å². The molecule has 6 rings (SSSR count). The van der Waals surface area contributed by atoms with Crippen LogP contribution in [0, 0.1) is 12.8 Å².